The molecule has 21 nitrogen and oxygen atoms in total. The molecule has 238 valence electrons. The number of anilines is 2. The quantitative estimate of drug-likeness (QED) is 0.156. The third kappa shape index (κ3) is 5.46. The summed E-state index contributed by atoms with van der Waals surface area (Å²) in [5.74, 6) is -0.827. The molecule has 0 saturated carbocycles. The zero-order valence-corrected chi connectivity index (χ0v) is 25.4. The number of carbonyl (C=O) groups is 2. The molecular weight excluding hydrogens is 604 g/mol. The average molecular weight is 633 g/mol. The van der Waals surface area contributed by atoms with Crippen molar-refractivity contribution < 1.29 is 19.1 Å². The summed E-state index contributed by atoms with van der Waals surface area (Å²) in [5, 5.41) is 33.7. The van der Waals surface area contributed by atoms with Crippen LogP contribution >= 0.6 is 0 Å². The normalized spacial score (nSPS) is 11.6. The molecule has 0 aliphatic carbocycles. The number of aryl methyl sites for hydroxylation is 4. The SMILES string of the molecule is CCc1nn(-c2cc(-n3nc(C)c(N=Nc4c(C(=O)OC)cnn4C)c3N)nc(=O)[nH]2)c(N)c1N=Nc1c(C(=O)OC)cnn1C. The Balaban J connectivity index is 1.53. The molecular formula is C25H28N16O5. The van der Waals surface area contributed by atoms with E-state index < -0.39 is 17.6 Å². The fraction of sp³-hybridized carbons (Fsp3) is 0.280. The molecule has 21 heteroatoms. The Morgan fingerprint density at radius 1 is 0.870 bits per heavy atom. The van der Waals surface area contributed by atoms with Crippen molar-refractivity contribution >= 4 is 46.6 Å². The van der Waals surface area contributed by atoms with Gasteiger partial charge in [-0.15, -0.1) is 20.5 Å². The fourth-order valence-corrected chi connectivity index (χ4v) is 4.29. The molecule has 0 aliphatic rings. The summed E-state index contributed by atoms with van der Waals surface area (Å²) in [6.07, 6.45) is 3.01. The number of esters is 2. The van der Waals surface area contributed by atoms with Crippen LogP contribution in [0, 0.1) is 6.92 Å². The number of nitrogen functional groups attached to an aromatic ring is 2. The number of H-pyrrole nitrogens is 1. The molecule has 5 rings (SSSR count). The van der Waals surface area contributed by atoms with Crippen LogP contribution in [0.4, 0.5) is 34.6 Å². The summed E-state index contributed by atoms with van der Waals surface area (Å²) >= 11 is 0. The first kappa shape index (κ1) is 30.9. The van der Waals surface area contributed by atoms with Crippen molar-refractivity contribution in [1.29, 1.82) is 0 Å². The minimum absolute atomic E-state index is 0.00171. The van der Waals surface area contributed by atoms with Crippen molar-refractivity contribution in [2.24, 2.45) is 34.6 Å². The predicted octanol–water partition coefficient (Wildman–Crippen LogP) is 2.05. The smallest absolute Gasteiger partial charge is 0.348 e. The number of carbonyl (C=O) groups excluding carboxylic acids is 2. The Labute approximate surface area is 258 Å². The van der Waals surface area contributed by atoms with Crippen molar-refractivity contribution in [2.75, 3.05) is 25.7 Å². The molecule has 5 aromatic rings. The van der Waals surface area contributed by atoms with E-state index in [1.807, 2.05) is 6.92 Å². The van der Waals surface area contributed by atoms with E-state index in [1.165, 1.54) is 51.4 Å². The zero-order valence-electron chi connectivity index (χ0n) is 25.4. The Morgan fingerprint density at radius 3 is 1.96 bits per heavy atom. The van der Waals surface area contributed by atoms with E-state index in [0.717, 1.165) is 0 Å². The fourth-order valence-electron chi connectivity index (χ4n) is 4.29. The standard InChI is InChI=1S/C25H28N16O5/c1-7-14-18(33-35-22-13(24(43)46-6)10-29-39(22)4)20(27)41(37-14)16-8-15(30-25(44)31-16)40-19(26)17(11(2)36-40)32-34-21-12(23(42)45-5)9-28-38(21)3/h8-10H,7,26-27H2,1-6H3,(H,30,31,44). The first-order valence-corrected chi connectivity index (χ1v) is 13.4. The van der Waals surface area contributed by atoms with Crippen molar-refractivity contribution in [3.05, 3.63) is 51.5 Å². The van der Waals surface area contributed by atoms with Crippen LogP contribution in [0.15, 0.2) is 43.7 Å². The van der Waals surface area contributed by atoms with Gasteiger partial charge in [0.05, 0.1) is 38.0 Å². The van der Waals surface area contributed by atoms with E-state index in [0.29, 0.717) is 17.8 Å². The van der Waals surface area contributed by atoms with Crippen molar-refractivity contribution in [1.82, 2.24) is 49.1 Å². The van der Waals surface area contributed by atoms with E-state index in [1.54, 1.807) is 21.0 Å². The topological polar surface area (TPSA) is 271 Å². The Bertz CT molecular complexity index is 2090. The van der Waals surface area contributed by atoms with E-state index in [-0.39, 0.29) is 57.4 Å². The van der Waals surface area contributed by atoms with Gasteiger partial charge in [-0.2, -0.15) is 34.7 Å². The highest BCUT2D eigenvalue weighted by Crippen LogP contribution is 2.33. The molecule has 0 spiro atoms. The number of hydrogen-bond acceptors (Lipinski definition) is 16. The number of rotatable bonds is 9. The summed E-state index contributed by atoms with van der Waals surface area (Å²) in [6.45, 7) is 3.46. The van der Waals surface area contributed by atoms with Gasteiger partial charge in [0.25, 0.3) is 0 Å². The van der Waals surface area contributed by atoms with Gasteiger partial charge in [0.15, 0.2) is 40.5 Å². The molecule has 46 heavy (non-hydrogen) atoms. The number of nitrogens with one attached hydrogen (secondary N) is 1. The minimum Gasteiger partial charge on any atom is -0.465 e. The summed E-state index contributed by atoms with van der Waals surface area (Å²) < 4.78 is 14.7. The number of nitrogens with zero attached hydrogens (tertiary/aromatic N) is 13. The van der Waals surface area contributed by atoms with Crippen molar-refractivity contribution in [2.45, 2.75) is 20.3 Å². The van der Waals surface area contributed by atoms with Crippen molar-refractivity contribution in [3.63, 3.8) is 0 Å². The van der Waals surface area contributed by atoms with Gasteiger partial charge in [-0.25, -0.2) is 23.7 Å². The highest BCUT2D eigenvalue weighted by molar-refractivity contribution is 5.94. The number of methoxy groups -OCH3 is 2. The van der Waals surface area contributed by atoms with Crippen LogP contribution in [0.1, 0.15) is 39.0 Å². The number of azo groups is 2. The number of hydrogen-bond donors (Lipinski definition) is 3. The highest BCUT2D eigenvalue weighted by Gasteiger charge is 2.22. The molecule has 0 unspecified atom stereocenters. The van der Waals surface area contributed by atoms with Crippen LogP contribution in [0.25, 0.3) is 11.6 Å². The maximum Gasteiger partial charge on any atom is 0.348 e. The van der Waals surface area contributed by atoms with Gasteiger partial charge in [0.2, 0.25) is 0 Å². The maximum atomic E-state index is 12.7. The Morgan fingerprint density at radius 2 is 1.41 bits per heavy atom. The molecule has 0 amide bonds. The van der Waals surface area contributed by atoms with Gasteiger partial charge in [-0.05, 0) is 13.3 Å². The predicted molar refractivity (Wildman–Crippen MR) is 159 cm³/mol. The van der Waals surface area contributed by atoms with Crippen LogP contribution in [0.2, 0.25) is 0 Å². The lowest BCUT2D eigenvalue weighted by atomic mass is 10.3. The molecule has 5 aromatic heterocycles. The van der Waals surface area contributed by atoms with Gasteiger partial charge in [-0.1, -0.05) is 6.92 Å². The molecule has 0 aromatic carbocycles. The Hall–Kier alpha value is -6.54. The van der Waals surface area contributed by atoms with E-state index in [2.05, 4.69) is 50.8 Å². The van der Waals surface area contributed by atoms with E-state index in [9.17, 15) is 14.4 Å². The molecule has 0 bridgehead atoms. The summed E-state index contributed by atoms with van der Waals surface area (Å²) in [4.78, 5) is 43.5. The van der Waals surface area contributed by atoms with Gasteiger partial charge in [0.1, 0.15) is 16.9 Å². The summed E-state index contributed by atoms with van der Waals surface area (Å²) in [5.41, 5.74) is 13.4. The van der Waals surface area contributed by atoms with Gasteiger partial charge in [-0.3, -0.25) is 4.98 Å². The molecule has 5 N–H and O–H groups in total. The van der Waals surface area contributed by atoms with Gasteiger partial charge in [0, 0.05) is 20.2 Å². The monoisotopic (exact) mass is 632 g/mol. The summed E-state index contributed by atoms with van der Waals surface area (Å²) in [6, 6.07) is 1.45. The van der Waals surface area contributed by atoms with Crippen LogP contribution < -0.4 is 17.2 Å². The molecule has 0 atom stereocenters. The largest absolute Gasteiger partial charge is 0.465 e. The van der Waals surface area contributed by atoms with Crippen LogP contribution in [0.3, 0.4) is 0 Å². The second kappa shape index (κ2) is 12.2. The third-order valence-corrected chi connectivity index (χ3v) is 6.64. The van der Waals surface area contributed by atoms with Crippen LogP contribution in [0.5, 0.6) is 0 Å². The first-order valence-electron chi connectivity index (χ1n) is 13.4. The molecule has 5 heterocycles. The van der Waals surface area contributed by atoms with E-state index in [4.69, 9.17) is 20.9 Å². The van der Waals surface area contributed by atoms with Gasteiger partial charge >= 0.3 is 17.6 Å². The average Bonchev–Trinajstić information content (AvgIpc) is 3.77. The molecule has 0 aliphatic heterocycles. The van der Waals surface area contributed by atoms with Crippen LogP contribution in [-0.4, -0.2) is 75.2 Å². The second-order valence-electron chi connectivity index (χ2n) is 9.50. The Kier molecular flexibility index (Phi) is 8.21. The number of aromatic nitrogens is 10. The third-order valence-electron chi connectivity index (χ3n) is 6.64. The summed E-state index contributed by atoms with van der Waals surface area (Å²) in [7, 11) is 5.65. The van der Waals surface area contributed by atoms with Crippen LogP contribution in [-0.2, 0) is 30.0 Å². The van der Waals surface area contributed by atoms with E-state index >= 15 is 0 Å². The number of nitrogens with two attached hydrogens (primary N) is 2. The van der Waals surface area contributed by atoms with Gasteiger partial charge < -0.3 is 20.9 Å². The second-order valence-corrected chi connectivity index (χ2v) is 9.50. The highest BCUT2D eigenvalue weighted by atomic mass is 16.5. The lowest BCUT2D eigenvalue weighted by Crippen LogP contribution is -2.19. The number of aromatic amines is 1. The minimum atomic E-state index is -0.755. The molecule has 0 fully saturated rings. The zero-order chi connectivity index (χ0) is 33.3. The number of ether oxygens (including phenoxy) is 2. The van der Waals surface area contributed by atoms with Crippen molar-refractivity contribution in [3.8, 4) is 11.6 Å². The first-order chi connectivity index (χ1) is 22.0. The molecule has 0 saturated heterocycles. The lowest BCUT2D eigenvalue weighted by molar-refractivity contribution is 0.0592. The maximum absolute atomic E-state index is 12.7. The molecule has 0 radical (unpaired) electrons. The lowest BCUT2D eigenvalue weighted by Gasteiger charge is -2.07.